The van der Waals surface area contributed by atoms with Crippen molar-refractivity contribution in [3.63, 3.8) is 0 Å². The number of carbonyl (C=O) groups is 2. The molecule has 2 aromatic heterocycles. The van der Waals surface area contributed by atoms with Crippen LogP contribution in [0.1, 0.15) is 22.5 Å². The van der Waals surface area contributed by atoms with Gasteiger partial charge in [-0.3, -0.25) is 9.59 Å². The molecule has 0 saturated carbocycles. The van der Waals surface area contributed by atoms with Crippen molar-refractivity contribution in [1.29, 1.82) is 0 Å². The van der Waals surface area contributed by atoms with Crippen molar-refractivity contribution in [3.8, 4) is 0 Å². The van der Waals surface area contributed by atoms with Crippen LogP contribution in [0.3, 0.4) is 0 Å². The summed E-state index contributed by atoms with van der Waals surface area (Å²) in [7, 11) is 0. The van der Waals surface area contributed by atoms with Crippen molar-refractivity contribution >= 4 is 29.0 Å². The zero-order valence-corrected chi connectivity index (χ0v) is 13.5. The number of nitrogens with zero attached hydrogens (tertiary/aromatic N) is 4. The minimum absolute atomic E-state index is 0.0449. The summed E-state index contributed by atoms with van der Waals surface area (Å²) in [5.74, 6) is 0.792. The van der Waals surface area contributed by atoms with Gasteiger partial charge in [-0.15, -0.1) is 11.3 Å². The Morgan fingerprint density at radius 2 is 1.78 bits per heavy atom. The van der Waals surface area contributed by atoms with E-state index in [0.29, 0.717) is 32.1 Å². The summed E-state index contributed by atoms with van der Waals surface area (Å²) < 4.78 is 0. The molecule has 0 unspecified atom stereocenters. The molecule has 1 fully saturated rings. The molecule has 0 bridgehead atoms. The summed E-state index contributed by atoms with van der Waals surface area (Å²) in [5, 5.41) is 1.87. The number of thiophene rings is 1. The van der Waals surface area contributed by atoms with Crippen molar-refractivity contribution in [1.82, 2.24) is 14.9 Å². The monoisotopic (exact) mass is 330 g/mol. The fourth-order valence-corrected chi connectivity index (χ4v) is 3.24. The second-order valence-electron chi connectivity index (χ2n) is 5.32. The number of piperazine rings is 1. The van der Waals surface area contributed by atoms with Crippen LogP contribution in [0.5, 0.6) is 0 Å². The van der Waals surface area contributed by atoms with Crippen LogP contribution in [0.15, 0.2) is 36.0 Å². The molecule has 0 aliphatic carbocycles. The molecule has 0 radical (unpaired) electrons. The van der Waals surface area contributed by atoms with Crippen LogP contribution in [-0.2, 0) is 4.79 Å². The number of hydrogen-bond donors (Lipinski definition) is 0. The molecular weight excluding hydrogens is 312 g/mol. The molecule has 1 amide bonds. The van der Waals surface area contributed by atoms with E-state index in [-0.39, 0.29) is 24.5 Å². The molecule has 1 saturated heterocycles. The van der Waals surface area contributed by atoms with Gasteiger partial charge in [0.2, 0.25) is 11.9 Å². The van der Waals surface area contributed by atoms with E-state index in [1.807, 2.05) is 16.3 Å². The lowest BCUT2D eigenvalue weighted by molar-refractivity contribution is -0.131. The highest BCUT2D eigenvalue weighted by Crippen LogP contribution is 2.14. The minimum Gasteiger partial charge on any atom is -0.339 e. The lowest BCUT2D eigenvalue weighted by atomic mass is 10.1. The Hall–Kier alpha value is -2.28. The maximum Gasteiger partial charge on any atom is 0.225 e. The SMILES string of the molecule is O=C(CCC(=O)N1CCN(c2ncccn2)CC1)c1cccs1. The second-order valence-corrected chi connectivity index (χ2v) is 6.26. The van der Waals surface area contributed by atoms with Crippen LogP contribution in [0, 0.1) is 0 Å². The van der Waals surface area contributed by atoms with Crippen LogP contribution in [-0.4, -0.2) is 52.7 Å². The first-order chi connectivity index (χ1) is 11.2. The van der Waals surface area contributed by atoms with Gasteiger partial charge >= 0.3 is 0 Å². The molecule has 2 aromatic rings. The molecule has 0 spiro atoms. The van der Waals surface area contributed by atoms with Crippen LogP contribution < -0.4 is 4.90 Å². The zero-order chi connectivity index (χ0) is 16.1. The highest BCUT2D eigenvalue weighted by Gasteiger charge is 2.22. The standard InChI is InChI=1S/C16H18N4O2S/c21-13(14-3-1-12-23-14)4-5-15(22)19-8-10-20(11-9-19)16-17-6-2-7-18-16/h1-3,6-7,12H,4-5,8-11H2. The molecule has 1 aliphatic rings. The minimum atomic E-state index is 0.0449. The van der Waals surface area contributed by atoms with Crippen molar-refractivity contribution in [3.05, 3.63) is 40.8 Å². The largest absolute Gasteiger partial charge is 0.339 e. The van der Waals surface area contributed by atoms with E-state index in [2.05, 4.69) is 14.9 Å². The average molecular weight is 330 g/mol. The van der Waals surface area contributed by atoms with E-state index in [0.717, 1.165) is 4.88 Å². The molecular formula is C16H18N4O2S. The Balaban J connectivity index is 1.46. The smallest absolute Gasteiger partial charge is 0.225 e. The molecule has 3 rings (SSSR count). The predicted molar refractivity (Wildman–Crippen MR) is 88.7 cm³/mol. The summed E-state index contributed by atoms with van der Waals surface area (Å²) in [6.07, 6.45) is 3.99. The normalized spacial score (nSPS) is 14.8. The van der Waals surface area contributed by atoms with Gasteiger partial charge in [0.15, 0.2) is 5.78 Å². The number of aromatic nitrogens is 2. The summed E-state index contributed by atoms with van der Waals surface area (Å²) in [6.45, 7) is 2.72. The van der Waals surface area contributed by atoms with Gasteiger partial charge in [-0.25, -0.2) is 9.97 Å². The molecule has 1 aliphatic heterocycles. The Morgan fingerprint density at radius 3 is 2.43 bits per heavy atom. The summed E-state index contributed by atoms with van der Waals surface area (Å²) in [6, 6.07) is 5.44. The number of amides is 1. The van der Waals surface area contributed by atoms with Crippen molar-refractivity contribution in [2.24, 2.45) is 0 Å². The molecule has 6 nitrogen and oxygen atoms in total. The van der Waals surface area contributed by atoms with E-state index in [4.69, 9.17) is 0 Å². The molecule has 0 aromatic carbocycles. The second kappa shape index (κ2) is 7.32. The first-order valence-electron chi connectivity index (χ1n) is 7.60. The van der Waals surface area contributed by atoms with E-state index >= 15 is 0 Å². The van der Waals surface area contributed by atoms with Crippen molar-refractivity contribution < 1.29 is 9.59 Å². The highest BCUT2D eigenvalue weighted by molar-refractivity contribution is 7.12. The Kier molecular flexibility index (Phi) is 4.97. The number of ketones is 1. The number of carbonyl (C=O) groups excluding carboxylic acids is 2. The van der Waals surface area contributed by atoms with Crippen LogP contribution >= 0.6 is 11.3 Å². The predicted octanol–water partition coefficient (Wildman–Crippen LogP) is 1.85. The summed E-state index contributed by atoms with van der Waals surface area (Å²) in [5.41, 5.74) is 0. The Bertz CT molecular complexity index is 652. The van der Waals surface area contributed by atoms with Gasteiger partial charge in [0, 0.05) is 51.4 Å². The van der Waals surface area contributed by atoms with Gasteiger partial charge in [-0.05, 0) is 17.5 Å². The third-order valence-electron chi connectivity index (χ3n) is 3.83. The topological polar surface area (TPSA) is 66.4 Å². The maximum absolute atomic E-state index is 12.2. The van der Waals surface area contributed by atoms with E-state index < -0.39 is 0 Å². The van der Waals surface area contributed by atoms with Gasteiger partial charge in [0.05, 0.1) is 4.88 Å². The van der Waals surface area contributed by atoms with Crippen molar-refractivity contribution in [2.75, 3.05) is 31.1 Å². The van der Waals surface area contributed by atoms with Gasteiger partial charge in [-0.2, -0.15) is 0 Å². The number of Topliss-reactive ketones (excluding diaryl/α,β-unsaturated/α-hetero) is 1. The van der Waals surface area contributed by atoms with Crippen molar-refractivity contribution in [2.45, 2.75) is 12.8 Å². The Morgan fingerprint density at radius 1 is 1.04 bits per heavy atom. The number of hydrogen-bond acceptors (Lipinski definition) is 6. The van der Waals surface area contributed by atoms with E-state index in [1.54, 1.807) is 24.5 Å². The third kappa shape index (κ3) is 3.92. The summed E-state index contributed by atoms with van der Waals surface area (Å²) >= 11 is 1.42. The molecule has 0 N–H and O–H groups in total. The van der Waals surface area contributed by atoms with E-state index in [1.165, 1.54) is 11.3 Å². The van der Waals surface area contributed by atoms with Crippen LogP contribution in [0.4, 0.5) is 5.95 Å². The third-order valence-corrected chi connectivity index (χ3v) is 4.74. The van der Waals surface area contributed by atoms with Crippen LogP contribution in [0.2, 0.25) is 0 Å². The fourth-order valence-electron chi connectivity index (χ4n) is 2.55. The first kappa shape index (κ1) is 15.6. The zero-order valence-electron chi connectivity index (χ0n) is 12.7. The van der Waals surface area contributed by atoms with Gasteiger partial charge in [-0.1, -0.05) is 6.07 Å². The highest BCUT2D eigenvalue weighted by atomic mass is 32.1. The lowest BCUT2D eigenvalue weighted by Crippen LogP contribution is -2.49. The average Bonchev–Trinajstić information content (AvgIpc) is 3.15. The Labute approximate surface area is 138 Å². The lowest BCUT2D eigenvalue weighted by Gasteiger charge is -2.34. The van der Waals surface area contributed by atoms with E-state index in [9.17, 15) is 9.59 Å². The number of rotatable bonds is 5. The van der Waals surface area contributed by atoms with Gasteiger partial charge in [0.25, 0.3) is 0 Å². The first-order valence-corrected chi connectivity index (χ1v) is 8.48. The van der Waals surface area contributed by atoms with Gasteiger partial charge in [0.1, 0.15) is 0 Å². The fraction of sp³-hybridized carbons (Fsp3) is 0.375. The molecule has 7 heteroatoms. The molecule has 120 valence electrons. The quantitative estimate of drug-likeness (QED) is 0.783. The van der Waals surface area contributed by atoms with Crippen LogP contribution in [0.25, 0.3) is 0 Å². The maximum atomic E-state index is 12.2. The number of anilines is 1. The van der Waals surface area contributed by atoms with Gasteiger partial charge < -0.3 is 9.80 Å². The molecule has 23 heavy (non-hydrogen) atoms. The molecule has 3 heterocycles. The summed E-state index contributed by atoms with van der Waals surface area (Å²) in [4.78, 5) is 37.3. The molecule has 0 atom stereocenters.